The van der Waals surface area contributed by atoms with E-state index in [-0.39, 0.29) is 46.3 Å². The topological polar surface area (TPSA) is 54.4 Å². The van der Waals surface area contributed by atoms with E-state index in [9.17, 15) is 14.7 Å². The van der Waals surface area contributed by atoms with E-state index in [1.807, 2.05) is 6.08 Å². The zero-order valence-corrected chi connectivity index (χ0v) is 15.4. The third-order valence-electron chi connectivity index (χ3n) is 8.88. The normalized spacial score (nSPS) is 55.6. The number of Topliss-reactive ketones (excluding diaryl/α,β-unsaturated/α-hetero) is 1. The molecular weight excluding hydrogens is 312 g/mol. The van der Waals surface area contributed by atoms with Gasteiger partial charge in [-0.25, -0.2) is 0 Å². The minimum atomic E-state index is -0.390. The third kappa shape index (κ3) is 1.81. The number of carbonyl (C=O) groups is 2. The molecule has 3 heteroatoms. The van der Waals surface area contributed by atoms with Gasteiger partial charge >= 0.3 is 0 Å². The molecule has 5 aliphatic rings. The lowest BCUT2D eigenvalue weighted by atomic mass is 9.47. The molecule has 0 aliphatic heterocycles. The monoisotopic (exact) mass is 340 g/mol. The van der Waals surface area contributed by atoms with Crippen LogP contribution in [-0.4, -0.2) is 22.8 Å². The molecule has 0 bridgehead atoms. The van der Waals surface area contributed by atoms with Crippen LogP contribution in [0.25, 0.3) is 0 Å². The van der Waals surface area contributed by atoms with Gasteiger partial charge in [-0.3, -0.25) is 9.59 Å². The zero-order valence-electron chi connectivity index (χ0n) is 15.4. The quantitative estimate of drug-likeness (QED) is 0.796. The van der Waals surface area contributed by atoms with Gasteiger partial charge in [0.1, 0.15) is 5.78 Å². The number of rotatable bonds is 1. The van der Waals surface area contributed by atoms with E-state index in [4.69, 9.17) is 0 Å². The fraction of sp³-hybridized carbons (Fsp3) is 0.727. The Labute approximate surface area is 149 Å². The first-order chi connectivity index (χ1) is 11.8. The lowest BCUT2D eigenvalue weighted by molar-refractivity contribution is -0.135. The molecule has 0 aromatic carbocycles. The Morgan fingerprint density at radius 3 is 2.72 bits per heavy atom. The number of fused-ring (bicyclic) bond motifs is 7. The summed E-state index contributed by atoms with van der Waals surface area (Å²) in [5, 5.41) is 11.3. The van der Waals surface area contributed by atoms with E-state index in [0.29, 0.717) is 17.8 Å². The van der Waals surface area contributed by atoms with Gasteiger partial charge in [-0.05, 0) is 67.4 Å². The zero-order chi connectivity index (χ0) is 17.7. The van der Waals surface area contributed by atoms with Crippen LogP contribution in [0.5, 0.6) is 0 Å². The summed E-state index contributed by atoms with van der Waals surface area (Å²) in [6.45, 7) is 6.25. The summed E-state index contributed by atoms with van der Waals surface area (Å²) in [4.78, 5) is 24.4. The first-order valence-corrected chi connectivity index (χ1v) is 9.91. The van der Waals surface area contributed by atoms with Gasteiger partial charge in [0.05, 0.1) is 6.10 Å². The van der Waals surface area contributed by atoms with Crippen molar-refractivity contribution < 1.29 is 14.7 Å². The Balaban J connectivity index is 1.60. The second-order valence-electron chi connectivity index (χ2n) is 9.82. The van der Waals surface area contributed by atoms with Gasteiger partial charge in [0.15, 0.2) is 5.78 Å². The van der Waals surface area contributed by atoms with Gasteiger partial charge in [-0.2, -0.15) is 0 Å². The van der Waals surface area contributed by atoms with Crippen molar-refractivity contribution in [2.24, 2.45) is 46.3 Å². The van der Waals surface area contributed by atoms with Crippen molar-refractivity contribution in [2.75, 3.05) is 0 Å². The van der Waals surface area contributed by atoms with Crippen molar-refractivity contribution in [3.8, 4) is 0 Å². The second-order valence-corrected chi connectivity index (χ2v) is 9.82. The number of hydrogen-bond acceptors (Lipinski definition) is 3. The lowest BCUT2D eigenvalue weighted by Gasteiger charge is -2.58. The lowest BCUT2D eigenvalue weighted by Crippen LogP contribution is -2.56. The van der Waals surface area contributed by atoms with E-state index in [1.54, 1.807) is 6.92 Å². The van der Waals surface area contributed by atoms with Crippen LogP contribution in [0, 0.1) is 46.3 Å². The van der Waals surface area contributed by atoms with Gasteiger partial charge in [0.2, 0.25) is 0 Å². The molecule has 3 unspecified atom stereocenters. The van der Waals surface area contributed by atoms with Crippen LogP contribution in [0.2, 0.25) is 0 Å². The highest BCUT2D eigenvalue weighted by Crippen LogP contribution is 2.70. The van der Waals surface area contributed by atoms with Crippen molar-refractivity contribution in [1.29, 1.82) is 0 Å². The van der Waals surface area contributed by atoms with E-state index < -0.39 is 0 Å². The minimum absolute atomic E-state index is 0.0763. The van der Waals surface area contributed by atoms with Crippen LogP contribution < -0.4 is 0 Å². The maximum atomic E-state index is 12.2. The van der Waals surface area contributed by atoms with Crippen LogP contribution in [0.4, 0.5) is 0 Å². The molecule has 25 heavy (non-hydrogen) atoms. The molecule has 134 valence electrons. The molecule has 0 saturated heterocycles. The summed E-state index contributed by atoms with van der Waals surface area (Å²) < 4.78 is 0. The van der Waals surface area contributed by atoms with Gasteiger partial charge in [-0.1, -0.05) is 26.0 Å². The highest BCUT2D eigenvalue weighted by Gasteiger charge is 2.67. The number of allylic oxidation sites excluding steroid dienone is 4. The predicted octanol–water partition coefficient (Wildman–Crippen LogP) is 3.33. The van der Waals surface area contributed by atoms with Crippen molar-refractivity contribution in [2.45, 2.75) is 52.6 Å². The summed E-state index contributed by atoms with van der Waals surface area (Å²) in [5.41, 5.74) is 0.982. The van der Waals surface area contributed by atoms with Gasteiger partial charge < -0.3 is 5.11 Å². The molecule has 3 nitrogen and oxygen atoms in total. The third-order valence-corrected chi connectivity index (χ3v) is 8.88. The summed E-state index contributed by atoms with van der Waals surface area (Å²) in [5.74, 6) is 2.25. The molecule has 0 amide bonds. The highest BCUT2D eigenvalue weighted by molar-refractivity contribution is 5.97. The fourth-order valence-electron chi connectivity index (χ4n) is 7.68. The standard InChI is InChI=1S/C22H28O3/c1-11(23)15-6-7-16-13-5-4-12-8-18(24)14-9-17(14)22(12,3)20(13)19(25)10-21(15,16)2/h4-5,8,13-17,19-20,25H,6-7,9-10H2,1-3H3/t13-,14?,15?,16-,17?,19-,20-,21+,22-/m0/s1. The molecule has 0 radical (unpaired) electrons. The van der Waals surface area contributed by atoms with Gasteiger partial charge in [-0.15, -0.1) is 0 Å². The molecule has 5 rings (SSSR count). The largest absolute Gasteiger partial charge is 0.393 e. The number of aliphatic hydroxyl groups excluding tert-OH is 1. The van der Waals surface area contributed by atoms with Gasteiger partial charge in [0, 0.05) is 23.2 Å². The Hall–Kier alpha value is -1.22. The molecule has 0 aromatic rings. The molecule has 5 aliphatic carbocycles. The number of carbonyl (C=O) groups excluding carboxylic acids is 2. The molecule has 1 N–H and O–H groups in total. The van der Waals surface area contributed by atoms with Crippen LogP contribution in [0.3, 0.4) is 0 Å². The summed E-state index contributed by atoms with van der Waals surface area (Å²) in [6.07, 6.45) is 9.66. The van der Waals surface area contributed by atoms with E-state index in [2.05, 4.69) is 26.0 Å². The smallest absolute Gasteiger partial charge is 0.159 e. The summed E-state index contributed by atoms with van der Waals surface area (Å²) >= 11 is 0. The first-order valence-electron chi connectivity index (χ1n) is 9.91. The van der Waals surface area contributed by atoms with E-state index >= 15 is 0 Å². The Morgan fingerprint density at radius 1 is 1.24 bits per heavy atom. The maximum absolute atomic E-state index is 12.2. The fourth-order valence-corrected chi connectivity index (χ4v) is 7.68. The van der Waals surface area contributed by atoms with E-state index in [1.165, 1.54) is 0 Å². The molecule has 0 heterocycles. The molecule has 3 fully saturated rings. The second kappa shape index (κ2) is 4.73. The minimum Gasteiger partial charge on any atom is -0.393 e. The summed E-state index contributed by atoms with van der Waals surface area (Å²) in [7, 11) is 0. The van der Waals surface area contributed by atoms with E-state index in [0.717, 1.165) is 31.3 Å². The van der Waals surface area contributed by atoms with Crippen LogP contribution in [0.15, 0.2) is 23.8 Å². The van der Waals surface area contributed by atoms with Crippen molar-refractivity contribution in [3.63, 3.8) is 0 Å². The Bertz CT molecular complexity index is 734. The molecule has 0 spiro atoms. The van der Waals surface area contributed by atoms with Crippen LogP contribution in [-0.2, 0) is 9.59 Å². The first kappa shape index (κ1) is 16.0. The average molecular weight is 340 g/mol. The van der Waals surface area contributed by atoms with Crippen LogP contribution >= 0.6 is 0 Å². The Kier molecular flexibility index (Phi) is 3.03. The molecule has 3 saturated carbocycles. The Morgan fingerprint density at radius 2 is 2.00 bits per heavy atom. The van der Waals surface area contributed by atoms with Gasteiger partial charge in [0.25, 0.3) is 0 Å². The van der Waals surface area contributed by atoms with Crippen molar-refractivity contribution >= 4 is 11.6 Å². The van der Waals surface area contributed by atoms with Crippen LogP contribution in [0.1, 0.15) is 46.5 Å². The molecule has 0 aromatic heterocycles. The SMILES string of the molecule is CC(=O)C1CC[C@H]2[C@@H]3C=CC4=CC(=O)C5CC5[C@@]4(C)[C@@H]3[C@@H](O)C[C@]12C. The van der Waals surface area contributed by atoms with Crippen molar-refractivity contribution in [1.82, 2.24) is 0 Å². The van der Waals surface area contributed by atoms with Crippen molar-refractivity contribution in [3.05, 3.63) is 23.8 Å². The molecular formula is C22H28O3. The number of ketones is 2. The predicted molar refractivity (Wildman–Crippen MR) is 94.5 cm³/mol. The highest BCUT2D eigenvalue weighted by atomic mass is 16.3. The number of hydrogen-bond donors (Lipinski definition) is 1. The maximum Gasteiger partial charge on any atom is 0.159 e. The average Bonchev–Trinajstić information content (AvgIpc) is 3.26. The summed E-state index contributed by atoms with van der Waals surface area (Å²) in [6, 6.07) is 0. The molecule has 9 atom stereocenters. The number of aliphatic hydroxyl groups is 1.